The van der Waals surface area contributed by atoms with Crippen molar-refractivity contribution in [2.45, 2.75) is 13.8 Å². The van der Waals surface area contributed by atoms with Crippen molar-refractivity contribution in [1.29, 1.82) is 0 Å². The zero-order valence-electron chi connectivity index (χ0n) is 10.9. The van der Waals surface area contributed by atoms with Gasteiger partial charge in [0.2, 0.25) is 0 Å². The SMILES string of the molecule is COC(=O)C(C)(C)C(=O)c1ccc2[nH]c(=O)[nH]c2c1. The van der Waals surface area contributed by atoms with E-state index in [4.69, 9.17) is 0 Å². The molecule has 0 saturated heterocycles. The van der Waals surface area contributed by atoms with Gasteiger partial charge in [0.1, 0.15) is 5.41 Å². The molecule has 1 aromatic carbocycles. The number of hydrogen-bond acceptors (Lipinski definition) is 4. The summed E-state index contributed by atoms with van der Waals surface area (Å²) < 4.78 is 4.63. The molecule has 0 atom stereocenters. The molecule has 0 aliphatic carbocycles. The van der Waals surface area contributed by atoms with Crippen molar-refractivity contribution in [2.75, 3.05) is 7.11 Å². The second-order valence-electron chi connectivity index (χ2n) is 4.79. The summed E-state index contributed by atoms with van der Waals surface area (Å²) in [6, 6.07) is 4.73. The number of Topliss-reactive ketones (excluding diaryl/α,β-unsaturated/α-hetero) is 1. The van der Waals surface area contributed by atoms with Crippen molar-refractivity contribution < 1.29 is 14.3 Å². The molecule has 2 N–H and O–H groups in total. The average molecular weight is 262 g/mol. The summed E-state index contributed by atoms with van der Waals surface area (Å²) in [5.74, 6) is -0.955. The summed E-state index contributed by atoms with van der Waals surface area (Å²) in [7, 11) is 1.24. The first-order valence-electron chi connectivity index (χ1n) is 5.71. The highest BCUT2D eigenvalue weighted by molar-refractivity contribution is 6.12. The minimum atomic E-state index is -1.26. The Balaban J connectivity index is 2.46. The number of hydrogen-bond donors (Lipinski definition) is 2. The maximum absolute atomic E-state index is 12.3. The Bertz CT molecular complexity index is 709. The smallest absolute Gasteiger partial charge is 0.323 e. The molecule has 0 spiro atoms. The van der Waals surface area contributed by atoms with Gasteiger partial charge in [-0.25, -0.2) is 4.79 Å². The number of H-pyrrole nitrogens is 2. The van der Waals surface area contributed by atoms with Crippen LogP contribution >= 0.6 is 0 Å². The van der Waals surface area contributed by atoms with Crippen LogP contribution < -0.4 is 5.69 Å². The fraction of sp³-hybridized carbons (Fsp3) is 0.308. The number of aromatic amines is 2. The average Bonchev–Trinajstić information content (AvgIpc) is 2.75. The van der Waals surface area contributed by atoms with Crippen molar-refractivity contribution in [2.24, 2.45) is 5.41 Å². The van der Waals surface area contributed by atoms with E-state index in [9.17, 15) is 14.4 Å². The number of methoxy groups -OCH3 is 1. The van der Waals surface area contributed by atoms with Crippen molar-refractivity contribution >= 4 is 22.8 Å². The fourth-order valence-corrected chi connectivity index (χ4v) is 1.88. The molecule has 2 aromatic rings. The second kappa shape index (κ2) is 4.38. The Labute approximate surface area is 108 Å². The van der Waals surface area contributed by atoms with E-state index in [0.29, 0.717) is 16.6 Å². The number of rotatable bonds is 3. The van der Waals surface area contributed by atoms with Gasteiger partial charge in [-0.2, -0.15) is 0 Å². The normalized spacial score (nSPS) is 11.5. The van der Waals surface area contributed by atoms with Gasteiger partial charge in [0, 0.05) is 5.56 Å². The summed E-state index contributed by atoms with van der Waals surface area (Å²) in [5, 5.41) is 0. The van der Waals surface area contributed by atoms with Crippen LogP contribution in [0.4, 0.5) is 0 Å². The number of carbonyl (C=O) groups excluding carboxylic acids is 2. The van der Waals surface area contributed by atoms with Crippen LogP contribution in [-0.2, 0) is 9.53 Å². The maximum Gasteiger partial charge on any atom is 0.323 e. The molecule has 0 aliphatic heterocycles. The van der Waals surface area contributed by atoms with E-state index in [2.05, 4.69) is 14.7 Å². The lowest BCUT2D eigenvalue weighted by Gasteiger charge is -2.19. The van der Waals surface area contributed by atoms with Gasteiger partial charge in [0.25, 0.3) is 0 Å². The predicted octanol–water partition coefficient (Wildman–Crippen LogP) is 1.24. The summed E-state index contributed by atoms with van der Waals surface area (Å²) in [6.45, 7) is 3.01. The number of ketones is 1. The summed E-state index contributed by atoms with van der Waals surface area (Å²) in [4.78, 5) is 40.2. The molecule has 0 aliphatic rings. The molecule has 0 amide bonds. The molecule has 0 fully saturated rings. The number of ether oxygens (including phenoxy) is 1. The van der Waals surface area contributed by atoms with Gasteiger partial charge < -0.3 is 14.7 Å². The Morgan fingerprint density at radius 2 is 1.79 bits per heavy atom. The molecule has 6 nitrogen and oxygen atoms in total. The van der Waals surface area contributed by atoms with Gasteiger partial charge >= 0.3 is 11.7 Å². The number of benzene rings is 1. The van der Waals surface area contributed by atoms with E-state index in [1.54, 1.807) is 18.2 Å². The Morgan fingerprint density at radius 1 is 1.16 bits per heavy atom. The topological polar surface area (TPSA) is 92.0 Å². The first-order chi connectivity index (χ1) is 8.86. The van der Waals surface area contributed by atoms with Gasteiger partial charge in [-0.05, 0) is 32.0 Å². The van der Waals surface area contributed by atoms with Crippen molar-refractivity contribution in [3.8, 4) is 0 Å². The molecule has 0 saturated carbocycles. The third-order valence-electron chi connectivity index (χ3n) is 3.04. The van der Waals surface area contributed by atoms with Crippen LogP contribution in [0.3, 0.4) is 0 Å². The minimum Gasteiger partial charge on any atom is -0.468 e. The molecular weight excluding hydrogens is 248 g/mol. The molecular formula is C13H14N2O4. The highest BCUT2D eigenvalue weighted by Crippen LogP contribution is 2.24. The highest BCUT2D eigenvalue weighted by Gasteiger charge is 2.37. The lowest BCUT2D eigenvalue weighted by molar-refractivity contribution is -0.147. The Morgan fingerprint density at radius 3 is 2.42 bits per heavy atom. The predicted molar refractivity (Wildman–Crippen MR) is 69.0 cm³/mol. The largest absolute Gasteiger partial charge is 0.468 e. The van der Waals surface area contributed by atoms with E-state index in [0.717, 1.165) is 0 Å². The summed E-state index contributed by atoms with van der Waals surface area (Å²) in [5.41, 5.74) is -0.127. The van der Waals surface area contributed by atoms with E-state index in [1.807, 2.05) is 0 Å². The quantitative estimate of drug-likeness (QED) is 0.494. The zero-order valence-corrected chi connectivity index (χ0v) is 10.9. The van der Waals surface area contributed by atoms with E-state index in [1.165, 1.54) is 21.0 Å². The Kier molecular flexibility index (Phi) is 3.01. The molecule has 0 unspecified atom stereocenters. The van der Waals surface area contributed by atoms with Gasteiger partial charge in [0.05, 0.1) is 18.1 Å². The molecule has 100 valence electrons. The standard InChI is InChI=1S/C13H14N2O4/c1-13(2,11(17)19-3)10(16)7-4-5-8-9(6-7)15-12(18)14-8/h4-6H,1-3H3,(H2,14,15,18). The second-order valence-corrected chi connectivity index (χ2v) is 4.79. The number of aromatic nitrogens is 2. The van der Waals surface area contributed by atoms with Gasteiger partial charge in [-0.15, -0.1) is 0 Å². The molecule has 0 radical (unpaired) electrons. The number of fused-ring (bicyclic) bond motifs is 1. The van der Waals surface area contributed by atoms with Crippen LogP contribution in [0.2, 0.25) is 0 Å². The molecule has 1 heterocycles. The van der Waals surface area contributed by atoms with Gasteiger partial charge in [-0.1, -0.05) is 0 Å². The number of imidazole rings is 1. The Hall–Kier alpha value is -2.37. The number of nitrogens with one attached hydrogen (secondary N) is 2. The maximum atomic E-state index is 12.3. The van der Waals surface area contributed by atoms with Crippen molar-refractivity contribution in [3.05, 3.63) is 34.2 Å². The van der Waals surface area contributed by atoms with Gasteiger partial charge in [0.15, 0.2) is 5.78 Å². The first-order valence-corrected chi connectivity index (χ1v) is 5.71. The van der Waals surface area contributed by atoms with Crippen LogP contribution in [0.25, 0.3) is 11.0 Å². The molecule has 2 rings (SSSR count). The van der Waals surface area contributed by atoms with Gasteiger partial charge in [-0.3, -0.25) is 9.59 Å². The van der Waals surface area contributed by atoms with Crippen LogP contribution in [0.15, 0.2) is 23.0 Å². The third-order valence-corrected chi connectivity index (χ3v) is 3.04. The molecule has 0 bridgehead atoms. The minimum absolute atomic E-state index is 0.341. The zero-order chi connectivity index (χ0) is 14.2. The van der Waals surface area contributed by atoms with Crippen molar-refractivity contribution in [3.63, 3.8) is 0 Å². The summed E-state index contributed by atoms with van der Waals surface area (Å²) >= 11 is 0. The monoisotopic (exact) mass is 262 g/mol. The first kappa shape index (κ1) is 13.1. The van der Waals surface area contributed by atoms with Crippen LogP contribution in [0, 0.1) is 5.41 Å². The molecule has 19 heavy (non-hydrogen) atoms. The third kappa shape index (κ3) is 2.16. The van der Waals surface area contributed by atoms with Crippen LogP contribution in [0.1, 0.15) is 24.2 Å². The van der Waals surface area contributed by atoms with Crippen LogP contribution in [-0.4, -0.2) is 28.8 Å². The van der Waals surface area contributed by atoms with E-state index < -0.39 is 11.4 Å². The summed E-state index contributed by atoms with van der Waals surface area (Å²) in [6.07, 6.45) is 0. The van der Waals surface area contributed by atoms with E-state index >= 15 is 0 Å². The number of esters is 1. The van der Waals surface area contributed by atoms with Crippen LogP contribution in [0.5, 0.6) is 0 Å². The van der Waals surface area contributed by atoms with Crippen molar-refractivity contribution in [1.82, 2.24) is 9.97 Å². The highest BCUT2D eigenvalue weighted by atomic mass is 16.5. The molecule has 1 aromatic heterocycles. The fourth-order valence-electron chi connectivity index (χ4n) is 1.88. The van der Waals surface area contributed by atoms with E-state index in [-0.39, 0.29) is 11.5 Å². The lowest BCUT2D eigenvalue weighted by Crippen LogP contribution is -2.34. The lowest BCUT2D eigenvalue weighted by atomic mass is 9.84. The number of carbonyl (C=O) groups is 2. The molecule has 6 heteroatoms.